The van der Waals surface area contributed by atoms with Crippen molar-refractivity contribution in [3.8, 4) is 0 Å². The van der Waals surface area contributed by atoms with Gasteiger partial charge in [-0.15, -0.1) is 10.2 Å². The smallest absolute Gasteiger partial charge is 0.179 e. The molecule has 5 rings (SSSR count). The molecule has 0 radical (unpaired) electrons. The fourth-order valence-electron chi connectivity index (χ4n) is 4.92. The molecule has 1 fully saturated rings. The Bertz CT molecular complexity index is 1210. The van der Waals surface area contributed by atoms with Crippen molar-refractivity contribution in [3.63, 3.8) is 0 Å². The fourth-order valence-corrected chi connectivity index (χ4v) is 5.76. The maximum atomic E-state index is 6.48. The minimum atomic E-state index is -0.0807. The van der Waals surface area contributed by atoms with Gasteiger partial charge in [-0.2, -0.15) is 0 Å². The summed E-state index contributed by atoms with van der Waals surface area (Å²) in [6, 6.07) is 10.7. The van der Waals surface area contributed by atoms with E-state index < -0.39 is 0 Å². The summed E-state index contributed by atoms with van der Waals surface area (Å²) in [6.07, 6.45) is 10.3. The van der Waals surface area contributed by atoms with Gasteiger partial charge in [0.15, 0.2) is 11.3 Å². The van der Waals surface area contributed by atoms with E-state index in [1.165, 1.54) is 10.5 Å². The summed E-state index contributed by atoms with van der Waals surface area (Å²) in [4.78, 5) is 5.92. The zero-order chi connectivity index (χ0) is 23.6. The minimum absolute atomic E-state index is 0.0214. The Morgan fingerprint density at radius 1 is 1.03 bits per heavy atom. The van der Waals surface area contributed by atoms with Gasteiger partial charge in [-0.05, 0) is 76.1 Å². The number of aromatic nitrogens is 5. The van der Waals surface area contributed by atoms with Crippen molar-refractivity contribution < 1.29 is 0 Å². The number of nitrogens with zero attached hydrogens (tertiary/aromatic N) is 5. The van der Waals surface area contributed by atoms with Crippen molar-refractivity contribution in [2.75, 3.05) is 0 Å². The standard InChI is InChI=1S/C24H30N6S.C2H6/c1-4-10-24(13-11-23(3,25)12-14-24)22-28-27-20-16-26-21-19(30(20)22)9-15-29(21)31-18-7-5-17(2)6-8-18;1-2/h5-9,15-16H,4,10-14,25H2,1-3H3;1-2H3. The van der Waals surface area contributed by atoms with Gasteiger partial charge in [0.25, 0.3) is 0 Å². The molecule has 1 aliphatic rings. The third-order valence-electron chi connectivity index (χ3n) is 6.81. The van der Waals surface area contributed by atoms with Crippen LogP contribution in [0.4, 0.5) is 0 Å². The number of hydrogen-bond donors (Lipinski definition) is 1. The second-order valence-electron chi connectivity index (χ2n) is 9.41. The van der Waals surface area contributed by atoms with Crippen LogP contribution in [-0.2, 0) is 5.41 Å². The number of nitrogens with two attached hydrogens (primary N) is 1. The van der Waals surface area contributed by atoms with Crippen molar-refractivity contribution in [2.24, 2.45) is 5.73 Å². The van der Waals surface area contributed by atoms with Crippen LogP contribution in [0.3, 0.4) is 0 Å². The highest BCUT2D eigenvalue weighted by Crippen LogP contribution is 2.45. The number of rotatable bonds is 5. The minimum Gasteiger partial charge on any atom is -0.325 e. The molecule has 0 aliphatic heterocycles. The molecule has 0 saturated heterocycles. The van der Waals surface area contributed by atoms with Crippen molar-refractivity contribution in [1.82, 2.24) is 23.6 Å². The molecule has 0 bridgehead atoms. The first-order valence-corrected chi connectivity index (χ1v) is 12.9. The quantitative estimate of drug-likeness (QED) is 0.375. The van der Waals surface area contributed by atoms with Gasteiger partial charge in [0.05, 0.1) is 11.7 Å². The topological polar surface area (TPSA) is 74.0 Å². The maximum absolute atomic E-state index is 6.48. The summed E-state index contributed by atoms with van der Waals surface area (Å²) in [5.41, 5.74) is 10.5. The lowest BCUT2D eigenvalue weighted by molar-refractivity contribution is 0.190. The fraction of sp³-hybridized carbons (Fsp3) is 0.500. The Hall–Kier alpha value is -2.38. The van der Waals surface area contributed by atoms with Gasteiger partial charge in [0.2, 0.25) is 0 Å². The Morgan fingerprint density at radius 3 is 2.39 bits per heavy atom. The van der Waals surface area contributed by atoms with E-state index in [4.69, 9.17) is 15.8 Å². The highest BCUT2D eigenvalue weighted by molar-refractivity contribution is 7.98. The SMILES string of the molecule is CC.CCCC1(c2nnc3cnc4c(ccn4Sc4ccc(C)cc4)n23)CCC(C)(N)CC1. The van der Waals surface area contributed by atoms with Gasteiger partial charge in [-0.1, -0.05) is 44.9 Å². The van der Waals surface area contributed by atoms with Crippen LogP contribution in [0.5, 0.6) is 0 Å². The van der Waals surface area contributed by atoms with Gasteiger partial charge in [0.1, 0.15) is 5.82 Å². The van der Waals surface area contributed by atoms with E-state index in [0.29, 0.717) is 0 Å². The lowest BCUT2D eigenvalue weighted by Crippen LogP contribution is -2.46. The third kappa shape index (κ3) is 4.53. The van der Waals surface area contributed by atoms with Crippen LogP contribution in [-0.4, -0.2) is 29.1 Å². The summed E-state index contributed by atoms with van der Waals surface area (Å²) in [7, 11) is 0. The van der Waals surface area contributed by atoms with E-state index in [2.05, 4.69) is 70.8 Å². The molecule has 3 heterocycles. The molecule has 2 N–H and O–H groups in total. The number of benzene rings is 1. The molecule has 4 aromatic rings. The molecule has 6 nitrogen and oxygen atoms in total. The second-order valence-corrected chi connectivity index (χ2v) is 10.5. The van der Waals surface area contributed by atoms with E-state index in [-0.39, 0.29) is 11.0 Å². The van der Waals surface area contributed by atoms with Crippen LogP contribution in [0.1, 0.15) is 77.6 Å². The molecular weight excluding hydrogens is 428 g/mol. The molecule has 1 aromatic carbocycles. The second kappa shape index (κ2) is 9.47. The van der Waals surface area contributed by atoms with E-state index in [9.17, 15) is 0 Å². The molecule has 7 heteroatoms. The Kier molecular flexibility index (Phi) is 6.82. The van der Waals surface area contributed by atoms with Crippen molar-refractivity contribution in [1.29, 1.82) is 0 Å². The van der Waals surface area contributed by atoms with E-state index >= 15 is 0 Å². The molecule has 0 spiro atoms. The van der Waals surface area contributed by atoms with E-state index in [0.717, 1.165) is 61.2 Å². The van der Waals surface area contributed by atoms with Gasteiger partial charge in [0, 0.05) is 22.0 Å². The van der Waals surface area contributed by atoms with Gasteiger partial charge in [-0.3, -0.25) is 8.37 Å². The van der Waals surface area contributed by atoms with Crippen LogP contribution < -0.4 is 5.73 Å². The van der Waals surface area contributed by atoms with Crippen LogP contribution in [0.2, 0.25) is 0 Å². The lowest BCUT2D eigenvalue weighted by Gasteiger charge is -2.42. The summed E-state index contributed by atoms with van der Waals surface area (Å²) >= 11 is 1.68. The molecule has 176 valence electrons. The predicted octanol–water partition coefficient (Wildman–Crippen LogP) is 6.30. The molecule has 0 unspecified atom stereocenters. The van der Waals surface area contributed by atoms with Gasteiger partial charge < -0.3 is 5.73 Å². The lowest BCUT2D eigenvalue weighted by atomic mass is 9.65. The first-order valence-electron chi connectivity index (χ1n) is 12.2. The molecule has 1 aliphatic carbocycles. The molecular formula is C26H36N6S. The zero-order valence-corrected chi connectivity index (χ0v) is 21.3. The highest BCUT2D eigenvalue weighted by Gasteiger charge is 2.42. The average Bonchev–Trinajstić information content (AvgIpc) is 3.43. The van der Waals surface area contributed by atoms with Crippen LogP contribution in [0.15, 0.2) is 47.6 Å². The van der Waals surface area contributed by atoms with E-state index in [1.807, 2.05) is 20.0 Å². The zero-order valence-electron chi connectivity index (χ0n) is 20.5. The maximum Gasteiger partial charge on any atom is 0.179 e. The molecule has 1 saturated carbocycles. The van der Waals surface area contributed by atoms with Crippen molar-refractivity contribution in [3.05, 3.63) is 54.1 Å². The Labute approximate surface area is 201 Å². The highest BCUT2D eigenvalue weighted by atomic mass is 32.2. The normalized spacial score (nSPS) is 23.0. The molecule has 0 amide bonds. The Balaban J connectivity index is 0.00000126. The first-order chi connectivity index (χ1) is 15.9. The van der Waals surface area contributed by atoms with Crippen molar-refractivity contribution >= 4 is 28.8 Å². The van der Waals surface area contributed by atoms with Crippen LogP contribution >= 0.6 is 11.9 Å². The van der Waals surface area contributed by atoms with Crippen LogP contribution in [0.25, 0.3) is 16.8 Å². The number of aryl methyl sites for hydroxylation is 1. The molecule has 3 aromatic heterocycles. The molecule has 0 atom stereocenters. The average molecular weight is 465 g/mol. The Morgan fingerprint density at radius 2 is 1.73 bits per heavy atom. The monoisotopic (exact) mass is 464 g/mol. The molecule has 33 heavy (non-hydrogen) atoms. The van der Waals surface area contributed by atoms with Gasteiger partial charge in [-0.25, -0.2) is 4.98 Å². The number of hydrogen-bond acceptors (Lipinski definition) is 5. The third-order valence-corrected chi connectivity index (χ3v) is 7.79. The largest absolute Gasteiger partial charge is 0.325 e. The van der Waals surface area contributed by atoms with Crippen molar-refractivity contribution in [2.45, 2.75) is 89.0 Å². The summed E-state index contributed by atoms with van der Waals surface area (Å²) < 4.78 is 4.37. The van der Waals surface area contributed by atoms with Crippen LogP contribution in [0, 0.1) is 6.92 Å². The summed E-state index contributed by atoms with van der Waals surface area (Å²) in [5.74, 6) is 1.07. The summed E-state index contributed by atoms with van der Waals surface area (Å²) in [5, 5.41) is 9.24. The number of fused-ring (bicyclic) bond motifs is 3. The van der Waals surface area contributed by atoms with E-state index in [1.54, 1.807) is 11.9 Å². The predicted molar refractivity (Wildman–Crippen MR) is 138 cm³/mol. The summed E-state index contributed by atoms with van der Waals surface area (Å²) in [6.45, 7) is 10.5. The first kappa shape index (κ1) is 23.8. The van der Waals surface area contributed by atoms with Gasteiger partial charge >= 0.3 is 0 Å².